The maximum absolute atomic E-state index is 6.35. The lowest BCUT2D eigenvalue weighted by Gasteiger charge is -2.12. The predicted molar refractivity (Wildman–Crippen MR) is 110 cm³/mol. The van der Waals surface area contributed by atoms with Crippen molar-refractivity contribution in [3.63, 3.8) is 0 Å². The molecule has 0 spiro atoms. The van der Waals surface area contributed by atoms with E-state index < -0.39 is 0 Å². The van der Waals surface area contributed by atoms with E-state index in [1.807, 2.05) is 36.5 Å². The van der Waals surface area contributed by atoms with Gasteiger partial charge in [0.1, 0.15) is 5.69 Å². The molecule has 5 aromatic rings. The average molecular weight is 384 g/mol. The van der Waals surface area contributed by atoms with Crippen molar-refractivity contribution in [2.24, 2.45) is 0 Å². The molecule has 0 amide bonds. The molecule has 0 saturated heterocycles. The molecule has 0 saturated carbocycles. The number of pyridine rings is 1. The summed E-state index contributed by atoms with van der Waals surface area (Å²) in [7, 11) is 0. The number of aromatic nitrogens is 5. The summed E-state index contributed by atoms with van der Waals surface area (Å²) in [6, 6.07) is 20.3. The minimum atomic E-state index is 0.683. The Morgan fingerprint density at radius 3 is 2.64 bits per heavy atom. The first-order valence-electron chi connectivity index (χ1n) is 9.03. The van der Waals surface area contributed by atoms with Gasteiger partial charge in [0, 0.05) is 29.3 Å². The first-order chi connectivity index (χ1) is 13.8. The molecule has 0 radical (unpaired) electrons. The van der Waals surface area contributed by atoms with Crippen LogP contribution in [0.3, 0.4) is 0 Å². The van der Waals surface area contributed by atoms with Crippen LogP contribution in [-0.2, 0) is 6.54 Å². The van der Waals surface area contributed by atoms with Gasteiger partial charge in [0.05, 0.1) is 11.4 Å². The molecule has 28 heavy (non-hydrogen) atoms. The summed E-state index contributed by atoms with van der Waals surface area (Å²) in [5.74, 6) is 1.50. The lowest BCUT2D eigenvalue weighted by Crippen LogP contribution is -2.03. The molecule has 0 N–H and O–H groups in total. The van der Waals surface area contributed by atoms with Crippen LogP contribution >= 0.6 is 11.6 Å². The van der Waals surface area contributed by atoms with Gasteiger partial charge in [-0.3, -0.25) is 9.55 Å². The van der Waals surface area contributed by atoms with Gasteiger partial charge in [0.2, 0.25) is 0 Å². The molecule has 6 heteroatoms. The third kappa shape index (κ3) is 2.23. The highest BCUT2D eigenvalue weighted by Crippen LogP contribution is 2.35. The third-order valence-corrected chi connectivity index (χ3v) is 5.45. The zero-order valence-electron chi connectivity index (χ0n) is 14.7. The van der Waals surface area contributed by atoms with Crippen molar-refractivity contribution < 1.29 is 0 Å². The molecule has 0 bridgehead atoms. The lowest BCUT2D eigenvalue weighted by molar-refractivity contribution is 0.816. The zero-order valence-corrected chi connectivity index (χ0v) is 15.5. The van der Waals surface area contributed by atoms with Gasteiger partial charge in [-0.2, -0.15) is 0 Å². The number of halogens is 1. The summed E-state index contributed by atoms with van der Waals surface area (Å²) in [6.45, 7) is 0.753. The maximum atomic E-state index is 6.35. The number of nitrogens with zero attached hydrogens (tertiary/aromatic N) is 5. The largest absolute Gasteiger partial charge is 0.340 e. The number of hydrogen-bond donors (Lipinski definition) is 0. The van der Waals surface area contributed by atoms with E-state index in [0.717, 1.165) is 45.8 Å². The van der Waals surface area contributed by atoms with E-state index >= 15 is 0 Å². The third-order valence-electron chi connectivity index (χ3n) is 5.21. The van der Waals surface area contributed by atoms with Gasteiger partial charge in [-0.25, -0.2) is 0 Å². The second-order valence-corrected chi connectivity index (χ2v) is 7.33. The van der Waals surface area contributed by atoms with E-state index in [0.29, 0.717) is 10.8 Å². The zero-order chi connectivity index (χ0) is 18.7. The molecule has 0 atom stereocenters. The fraction of sp³-hybridized carbons (Fsp3) is 0.0455. The van der Waals surface area contributed by atoms with E-state index in [1.54, 1.807) is 0 Å². The van der Waals surface area contributed by atoms with Crippen molar-refractivity contribution in [2.75, 3.05) is 0 Å². The van der Waals surface area contributed by atoms with E-state index in [9.17, 15) is 0 Å². The van der Waals surface area contributed by atoms with Crippen LogP contribution in [0.25, 0.3) is 39.5 Å². The van der Waals surface area contributed by atoms with Gasteiger partial charge in [0.25, 0.3) is 0 Å². The van der Waals surface area contributed by atoms with Gasteiger partial charge >= 0.3 is 0 Å². The quantitative estimate of drug-likeness (QED) is 0.403. The normalized spacial score (nSPS) is 12.3. The van der Waals surface area contributed by atoms with Crippen LogP contribution in [0.1, 0.15) is 5.56 Å². The minimum Gasteiger partial charge on any atom is -0.340 e. The number of benzene rings is 2. The smallest absolute Gasteiger partial charge is 0.187 e. The summed E-state index contributed by atoms with van der Waals surface area (Å²) in [4.78, 5) is 4.66. The van der Waals surface area contributed by atoms with Crippen molar-refractivity contribution in [3.05, 3.63) is 83.6 Å². The Morgan fingerprint density at radius 2 is 1.71 bits per heavy atom. The van der Waals surface area contributed by atoms with Gasteiger partial charge in [-0.05, 0) is 41.3 Å². The highest BCUT2D eigenvalue weighted by molar-refractivity contribution is 6.30. The fourth-order valence-corrected chi connectivity index (χ4v) is 4.03. The second kappa shape index (κ2) is 5.78. The summed E-state index contributed by atoms with van der Waals surface area (Å²) in [5.41, 5.74) is 3.94. The lowest BCUT2D eigenvalue weighted by atomic mass is 10.1. The first kappa shape index (κ1) is 15.6. The van der Waals surface area contributed by atoms with E-state index in [4.69, 9.17) is 11.6 Å². The molecule has 5 nitrogen and oxygen atoms in total. The van der Waals surface area contributed by atoms with E-state index in [-0.39, 0.29) is 0 Å². The van der Waals surface area contributed by atoms with Crippen molar-refractivity contribution >= 4 is 22.4 Å². The van der Waals surface area contributed by atoms with Crippen molar-refractivity contribution in [3.8, 4) is 28.7 Å². The Balaban J connectivity index is 1.67. The van der Waals surface area contributed by atoms with Crippen molar-refractivity contribution in [1.29, 1.82) is 0 Å². The van der Waals surface area contributed by atoms with Crippen LogP contribution in [0.4, 0.5) is 0 Å². The Hall–Kier alpha value is -3.44. The average Bonchev–Trinajstić information content (AvgIpc) is 3.33. The molecular formula is C22H14ClN5. The highest BCUT2D eigenvalue weighted by Gasteiger charge is 2.25. The molecule has 4 heterocycles. The summed E-state index contributed by atoms with van der Waals surface area (Å²) in [6.07, 6.45) is 3.94. The molecule has 134 valence electrons. The monoisotopic (exact) mass is 383 g/mol. The molecular weight excluding hydrogens is 370 g/mol. The molecule has 1 aliphatic rings. The standard InChI is InChI=1S/C22H14ClN5/c23-17-8-7-16-13-27-9-3-6-19(27)22-26-25-21(28(22)20(16)11-17)18-10-14-4-1-2-5-15(14)12-24-18/h1-12H,13H2. The maximum Gasteiger partial charge on any atom is 0.187 e. The SMILES string of the molecule is Clc1ccc2c(c1)-n1c(-c3cc4ccccc4cn3)nnc1-c1cccn1C2. The number of fused-ring (bicyclic) bond motifs is 6. The van der Waals surface area contributed by atoms with Crippen LogP contribution in [0.2, 0.25) is 5.02 Å². The van der Waals surface area contributed by atoms with Crippen molar-refractivity contribution in [1.82, 2.24) is 24.3 Å². The molecule has 2 aromatic carbocycles. The van der Waals surface area contributed by atoms with Crippen LogP contribution in [0.5, 0.6) is 0 Å². The molecule has 6 rings (SSSR count). The summed E-state index contributed by atoms with van der Waals surface area (Å²) >= 11 is 6.35. The van der Waals surface area contributed by atoms with Gasteiger partial charge in [-0.15, -0.1) is 10.2 Å². The number of hydrogen-bond acceptors (Lipinski definition) is 3. The van der Waals surface area contributed by atoms with Gasteiger partial charge in [-0.1, -0.05) is 41.9 Å². The van der Waals surface area contributed by atoms with Crippen LogP contribution in [0.15, 0.2) is 73.1 Å². The van der Waals surface area contributed by atoms with E-state index in [1.165, 1.54) is 0 Å². The predicted octanol–water partition coefficient (Wildman–Crippen LogP) is 4.97. The topological polar surface area (TPSA) is 48.5 Å². The Kier molecular flexibility index (Phi) is 3.22. The molecule has 3 aromatic heterocycles. The Labute approximate surface area is 165 Å². The van der Waals surface area contributed by atoms with Crippen LogP contribution in [-0.4, -0.2) is 24.3 Å². The van der Waals surface area contributed by atoms with Crippen molar-refractivity contribution in [2.45, 2.75) is 6.54 Å². The highest BCUT2D eigenvalue weighted by atomic mass is 35.5. The fourth-order valence-electron chi connectivity index (χ4n) is 3.87. The van der Waals surface area contributed by atoms with Gasteiger partial charge < -0.3 is 4.57 Å². The molecule has 0 aliphatic carbocycles. The summed E-state index contributed by atoms with van der Waals surface area (Å²) in [5, 5.41) is 11.9. The first-order valence-corrected chi connectivity index (χ1v) is 9.41. The molecule has 0 fully saturated rings. The second-order valence-electron chi connectivity index (χ2n) is 6.89. The molecule has 0 unspecified atom stereocenters. The summed E-state index contributed by atoms with van der Waals surface area (Å²) < 4.78 is 4.25. The van der Waals surface area contributed by atoms with Crippen LogP contribution in [0, 0.1) is 0 Å². The molecule has 1 aliphatic heterocycles. The number of rotatable bonds is 1. The Bertz CT molecular complexity index is 1360. The van der Waals surface area contributed by atoms with E-state index in [2.05, 4.69) is 60.8 Å². The van der Waals surface area contributed by atoms with Crippen LogP contribution < -0.4 is 0 Å². The van der Waals surface area contributed by atoms with Gasteiger partial charge in [0.15, 0.2) is 11.6 Å². The Morgan fingerprint density at radius 1 is 0.857 bits per heavy atom. The minimum absolute atomic E-state index is 0.683.